The molecular weight excluding hydrogens is 246 g/mol. The van der Waals surface area contributed by atoms with Crippen molar-refractivity contribution in [3.05, 3.63) is 39.2 Å². The summed E-state index contributed by atoms with van der Waals surface area (Å²) in [4.78, 5) is 24.3. The van der Waals surface area contributed by atoms with Crippen molar-refractivity contribution < 1.29 is 9.72 Å². The molecule has 1 N–H and O–H groups in total. The molecule has 1 rings (SSSR count). The van der Waals surface area contributed by atoms with Gasteiger partial charge >= 0.3 is 0 Å². The summed E-state index contributed by atoms with van der Waals surface area (Å²) in [6.07, 6.45) is 4.29. The molecule has 1 aromatic heterocycles. The average Bonchev–Trinajstić information content (AvgIpc) is 2.25. The van der Waals surface area contributed by atoms with E-state index in [4.69, 9.17) is 11.6 Å². The van der Waals surface area contributed by atoms with Gasteiger partial charge in [0.25, 0.3) is 5.69 Å². The molecule has 0 radical (unpaired) electrons. The number of amides is 1. The van der Waals surface area contributed by atoms with Crippen molar-refractivity contribution >= 4 is 29.3 Å². The normalized spacial score (nSPS) is 10.5. The van der Waals surface area contributed by atoms with E-state index >= 15 is 0 Å². The van der Waals surface area contributed by atoms with Crippen LogP contribution in [0.25, 0.3) is 6.08 Å². The molecule has 0 saturated carbocycles. The van der Waals surface area contributed by atoms with Crippen molar-refractivity contribution in [2.75, 3.05) is 6.54 Å². The lowest BCUT2D eigenvalue weighted by Gasteiger charge is -1.98. The maximum absolute atomic E-state index is 10.6. The van der Waals surface area contributed by atoms with E-state index in [9.17, 15) is 14.9 Å². The third-order valence-electron chi connectivity index (χ3n) is 1.83. The average molecular weight is 256 g/mol. The van der Waals surface area contributed by atoms with E-state index in [1.165, 1.54) is 13.0 Å². The number of nitrogens with zero attached hydrogens (tertiary/aromatic N) is 2. The second-order valence-electron chi connectivity index (χ2n) is 3.17. The summed E-state index contributed by atoms with van der Waals surface area (Å²) in [5, 5.41) is 13.3. The Balaban J connectivity index is 2.79. The zero-order valence-corrected chi connectivity index (χ0v) is 9.77. The Labute approximate surface area is 102 Å². The molecular formula is C10H10ClN3O3. The Morgan fingerprint density at radius 3 is 3.00 bits per heavy atom. The van der Waals surface area contributed by atoms with Crippen molar-refractivity contribution in [3.8, 4) is 0 Å². The van der Waals surface area contributed by atoms with Gasteiger partial charge in [-0.3, -0.25) is 14.9 Å². The van der Waals surface area contributed by atoms with E-state index in [2.05, 4.69) is 10.3 Å². The molecule has 0 saturated heterocycles. The van der Waals surface area contributed by atoms with Gasteiger partial charge in [-0.1, -0.05) is 23.8 Å². The van der Waals surface area contributed by atoms with Crippen LogP contribution in [-0.2, 0) is 4.79 Å². The zero-order valence-electron chi connectivity index (χ0n) is 9.01. The largest absolute Gasteiger partial charge is 0.353 e. The molecule has 0 aromatic carbocycles. The van der Waals surface area contributed by atoms with Crippen molar-refractivity contribution in [2.45, 2.75) is 6.92 Å². The summed E-state index contributed by atoms with van der Waals surface area (Å²) < 4.78 is 0. The van der Waals surface area contributed by atoms with E-state index < -0.39 is 4.92 Å². The molecule has 1 amide bonds. The Morgan fingerprint density at radius 2 is 2.41 bits per heavy atom. The smallest absolute Gasteiger partial charge is 0.288 e. The molecule has 0 aliphatic heterocycles. The minimum Gasteiger partial charge on any atom is -0.353 e. The Bertz CT molecular complexity index is 474. The number of hydrogen-bond donors (Lipinski definition) is 1. The number of hydrogen-bond acceptors (Lipinski definition) is 4. The van der Waals surface area contributed by atoms with Crippen LogP contribution in [-0.4, -0.2) is 22.4 Å². The fourth-order valence-corrected chi connectivity index (χ4v) is 1.23. The number of halogens is 1. The molecule has 0 aliphatic carbocycles. The lowest BCUT2D eigenvalue weighted by atomic mass is 10.2. The highest BCUT2D eigenvalue weighted by Gasteiger charge is 2.08. The third kappa shape index (κ3) is 4.20. The molecule has 0 unspecified atom stereocenters. The van der Waals surface area contributed by atoms with Crippen LogP contribution in [0.4, 0.5) is 5.69 Å². The minimum absolute atomic E-state index is 0.131. The number of rotatable bonds is 4. The highest BCUT2D eigenvalue weighted by molar-refractivity contribution is 6.30. The van der Waals surface area contributed by atoms with Gasteiger partial charge in [-0.2, -0.15) is 0 Å². The second kappa shape index (κ2) is 5.95. The highest BCUT2D eigenvalue weighted by Crippen LogP contribution is 2.19. The van der Waals surface area contributed by atoms with Gasteiger partial charge in [0.1, 0.15) is 11.3 Å². The first-order valence-electron chi connectivity index (χ1n) is 4.71. The van der Waals surface area contributed by atoms with Crippen LogP contribution >= 0.6 is 11.6 Å². The van der Waals surface area contributed by atoms with Crippen LogP contribution in [0.2, 0.25) is 5.15 Å². The topological polar surface area (TPSA) is 85.1 Å². The Morgan fingerprint density at radius 1 is 1.71 bits per heavy atom. The fourth-order valence-electron chi connectivity index (χ4n) is 1.06. The molecule has 17 heavy (non-hydrogen) atoms. The third-order valence-corrected chi connectivity index (χ3v) is 2.14. The predicted molar refractivity (Wildman–Crippen MR) is 63.6 cm³/mol. The van der Waals surface area contributed by atoms with Crippen LogP contribution < -0.4 is 5.32 Å². The first kappa shape index (κ1) is 13.1. The van der Waals surface area contributed by atoms with Crippen LogP contribution in [0.5, 0.6) is 0 Å². The van der Waals surface area contributed by atoms with E-state index in [1.54, 1.807) is 12.2 Å². The molecule has 6 nitrogen and oxygen atoms in total. The molecule has 0 aliphatic rings. The van der Waals surface area contributed by atoms with Gasteiger partial charge in [0, 0.05) is 25.1 Å². The van der Waals surface area contributed by atoms with Gasteiger partial charge in [0.05, 0.1) is 4.92 Å². The van der Waals surface area contributed by atoms with E-state index in [0.29, 0.717) is 12.1 Å². The second-order valence-corrected chi connectivity index (χ2v) is 3.53. The van der Waals surface area contributed by atoms with Crippen LogP contribution in [0.15, 0.2) is 18.3 Å². The van der Waals surface area contributed by atoms with Crippen LogP contribution in [0.3, 0.4) is 0 Å². The van der Waals surface area contributed by atoms with Crippen LogP contribution in [0.1, 0.15) is 12.5 Å². The molecule has 1 aromatic rings. The number of carbonyl (C=O) groups is 1. The molecule has 90 valence electrons. The van der Waals surface area contributed by atoms with Gasteiger partial charge in [0.15, 0.2) is 0 Å². The lowest BCUT2D eigenvalue weighted by molar-refractivity contribution is -0.385. The Kier molecular flexibility index (Phi) is 4.59. The molecule has 0 spiro atoms. The Hall–Kier alpha value is -1.95. The van der Waals surface area contributed by atoms with Gasteiger partial charge in [-0.15, -0.1) is 0 Å². The number of carbonyl (C=O) groups excluding carboxylic acids is 1. The number of aromatic nitrogens is 1. The molecule has 0 atom stereocenters. The SMILES string of the molecule is CC(=O)NCC=Cc1cc([N+](=O)[O-])cnc1Cl. The standard InChI is InChI=1S/C10H10ClN3O3/c1-7(15)12-4-2-3-8-5-9(14(16)17)6-13-10(8)11/h2-3,5-6H,4H2,1H3,(H,12,15). The van der Waals surface area contributed by atoms with Gasteiger partial charge in [-0.25, -0.2) is 4.98 Å². The van der Waals surface area contributed by atoms with Gasteiger partial charge in [0.2, 0.25) is 5.91 Å². The number of nitro groups is 1. The van der Waals surface area contributed by atoms with Gasteiger partial charge in [-0.05, 0) is 0 Å². The van der Waals surface area contributed by atoms with E-state index in [1.807, 2.05) is 0 Å². The summed E-state index contributed by atoms with van der Waals surface area (Å²) in [6.45, 7) is 1.73. The minimum atomic E-state index is -0.547. The maximum Gasteiger partial charge on any atom is 0.288 e. The maximum atomic E-state index is 10.6. The van der Waals surface area contributed by atoms with Crippen molar-refractivity contribution in [1.29, 1.82) is 0 Å². The summed E-state index contributed by atoms with van der Waals surface area (Å²) in [5.41, 5.74) is 0.305. The summed E-state index contributed by atoms with van der Waals surface area (Å²) in [5.74, 6) is -0.155. The predicted octanol–water partition coefficient (Wildman–Crippen LogP) is 1.79. The summed E-state index contributed by atoms with van der Waals surface area (Å²) in [6, 6.07) is 1.32. The van der Waals surface area contributed by atoms with Crippen molar-refractivity contribution in [1.82, 2.24) is 10.3 Å². The summed E-state index contributed by atoms with van der Waals surface area (Å²) in [7, 11) is 0. The summed E-state index contributed by atoms with van der Waals surface area (Å²) >= 11 is 5.77. The molecule has 0 fully saturated rings. The van der Waals surface area contributed by atoms with E-state index in [-0.39, 0.29) is 16.7 Å². The zero-order chi connectivity index (χ0) is 12.8. The number of pyridine rings is 1. The highest BCUT2D eigenvalue weighted by atomic mass is 35.5. The van der Waals surface area contributed by atoms with Crippen LogP contribution in [0, 0.1) is 10.1 Å². The fraction of sp³-hybridized carbons (Fsp3) is 0.200. The monoisotopic (exact) mass is 255 g/mol. The van der Waals surface area contributed by atoms with Crippen molar-refractivity contribution in [2.24, 2.45) is 0 Å². The molecule has 0 bridgehead atoms. The molecule has 1 heterocycles. The quantitative estimate of drug-likeness (QED) is 0.505. The first-order valence-corrected chi connectivity index (χ1v) is 5.09. The lowest BCUT2D eigenvalue weighted by Crippen LogP contribution is -2.19. The number of nitrogens with one attached hydrogen (secondary N) is 1. The van der Waals surface area contributed by atoms with Gasteiger partial charge < -0.3 is 5.32 Å². The van der Waals surface area contributed by atoms with Crippen molar-refractivity contribution in [3.63, 3.8) is 0 Å². The first-order chi connectivity index (χ1) is 8.00. The van der Waals surface area contributed by atoms with E-state index in [0.717, 1.165) is 6.20 Å². The molecule has 7 heteroatoms.